The van der Waals surface area contributed by atoms with E-state index in [9.17, 15) is 4.79 Å². The third-order valence-electron chi connectivity index (χ3n) is 3.38. The monoisotopic (exact) mass is 419 g/mol. The molecule has 0 bridgehead atoms. The molecule has 0 spiro atoms. The number of ether oxygens (including phenoxy) is 3. The van der Waals surface area contributed by atoms with Gasteiger partial charge in [-0.3, -0.25) is 4.79 Å². The van der Waals surface area contributed by atoms with Crippen molar-refractivity contribution >= 4 is 33.6 Å². The molecule has 0 aliphatic rings. The largest absolute Gasteiger partial charge is 0.493 e. The smallest absolute Gasteiger partial charge is 0.248 e. The topological polar surface area (TPSA) is 56.8 Å². The highest BCUT2D eigenvalue weighted by Crippen LogP contribution is 2.36. The van der Waals surface area contributed by atoms with Gasteiger partial charge in [-0.25, -0.2) is 0 Å². The maximum absolute atomic E-state index is 12.1. The van der Waals surface area contributed by atoms with E-state index in [1.165, 1.54) is 6.08 Å². The van der Waals surface area contributed by atoms with Crippen molar-refractivity contribution in [2.24, 2.45) is 0 Å². The second kappa shape index (κ2) is 9.29. The lowest BCUT2D eigenvalue weighted by Gasteiger charge is -2.10. The van der Waals surface area contributed by atoms with Gasteiger partial charge in [0.25, 0.3) is 0 Å². The lowest BCUT2D eigenvalue weighted by molar-refractivity contribution is -0.111. The Morgan fingerprint density at radius 3 is 2.38 bits per heavy atom. The number of carbonyl (C=O) groups is 1. The summed E-state index contributed by atoms with van der Waals surface area (Å²) in [5.41, 5.74) is 1.51. The van der Waals surface area contributed by atoms with Gasteiger partial charge < -0.3 is 19.5 Å². The molecule has 0 heterocycles. The molecule has 5 nitrogen and oxygen atoms in total. The normalized spacial score (nSPS) is 10.8. The van der Waals surface area contributed by atoms with Gasteiger partial charge in [-0.1, -0.05) is 0 Å². The number of amides is 1. The fourth-order valence-electron chi connectivity index (χ4n) is 2.28. The Morgan fingerprint density at radius 1 is 1.12 bits per heavy atom. The van der Waals surface area contributed by atoms with Gasteiger partial charge in [0, 0.05) is 11.8 Å². The summed E-state index contributed by atoms with van der Waals surface area (Å²) in [7, 11) is 3.14. The maximum atomic E-state index is 12.1. The zero-order chi connectivity index (χ0) is 19.1. The molecular weight excluding hydrogens is 398 g/mol. The highest BCUT2D eigenvalue weighted by molar-refractivity contribution is 9.10. The summed E-state index contributed by atoms with van der Waals surface area (Å²) in [5, 5.41) is 2.81. The molecule has 6 heteroatoms. The molecule has 0 saturated carbocycles. The van der Waals surface area contributed by atoms with Crippen LogP contribution in [-0.4, -0.2) is 26.2 Å². The Morgan fingerprint density at radius 2 is 1.81 bits per heavy atom. The molecular formula is C20H22BrNO4. The molecule has 138 valence electrons. The molecule has 1 amide bonds. The summed E-state index contributed by atoms with van der Waals surface area (Å²) in [6.45, 7) is 3.93. The molecule has 0 unspecified atom stereocenters. The molecule has 0 atom stereocenters. The average molecular weight is 420 g/mol. The van der Waals surface area contributed by atoms with Crippen molar-refractivity contribution in [1.29, 1.82) is 0 Å². The van der Waals surface area contributed by atoms with E-state index in [-0.39, 0.29) is 12.0 Å². The first-order valence-electron chi connectivity index (χ1n) is 8.10. The van der Waals surface area contributed by atoms with Crippen LogP contribution in [0.5, 0.6) is 17.2 Å². The van der Waals surface area contributed by atoms with Crippen LogP contribution in [0.4, 0.5) is 5.69 Å². The molecule has 2 aromatic rings. The number of rotatable bonds is 7. The minimum atomic E-state index is -0.228. The molecule has 0 radical (unpaired) electrons. The Hall–Kier alpha value is -2.47. The first-order chi connectivity index (χ1) is 12.4. The van der Waals surface area contributed by atoms with Crippen LogP contribution < -0.4 is 19.5 Å². The Balaban J connectivity index is 2.04. The summed E-state index contributed by atoms with van der Waals surface area (Å²) in [6.07, 6.45) is 3.28. The molecule has 0 fully saturated rings. The van der Waals surface area contributed by atoms with Gasteiger partial charge in [-0.15, -0.1) is 0 Å². The highest BCUT2D eigenvalue weighted by Gasteiger charge is 2.09. The van der Waals surface area contributed by atoms with E-state index in [4.69, 9.17) is 14.2 Å². The molecule has 1 N–H and O–H groups in total. The molecule has 26 heavy (non-hydrogen) atoms. The van der Waals surface area contributed by atoms with E-state index in [2.05, 4.69) is 21.2 Å². The maximum Gasteiger partial charge on any atom is 0.248 e. The zero-order valence-electron chi connectivity index (χ0n) is 15.2. The Labute approximate surface area is 162 Å². The summed E-state index contributed by atoms with van der Waals surface area (Å²) in [6, 6.07) is 10.9. The van der Waals surface area contributed by atoms with Crippen LogP contribution in [0.3, 0.4) is 0 Å². The second-order valence-corrected chi connectivity index (χ2v) is 6.61. The van der Waals surface area contributed by atoms with Crippen LogP contribution in [0.15, 0.2) is 46.9 Å². The quantitative estimate of drug-likeness (QED) is 0.647. The fourth-order valence-corrected chi connectivity index (χ4v) is 2.90. The van der Waals surface area contributed by atoms with Gasteiger partial charge in [0.05, 0.1) is 24.8 Å². The average Bonchev–Trinajstić information content (AvgIpc) is 2.60. The predicted molar refractivity (Wildman–Crippen MR) is 107 cm³/mol. The molecule has 2 rings (SSSR count). The predicted octanol–water partition coefficient (Wildman–Crippen LogP) is 4.91. The fraction of sp³-hybridized carbons (Fsp3) is 0.250. The van der Waals surface area contributed by atoms with Crippen molar-refractivity contribution in [3.63, 3.8) is 0 Å². The van der Waals surface area contributed by atoms with Crippen molar-refractivity contribution in [2.75, 3.05) is 19.5 Å². The van der Waals surface area contributed by atoms with E-state index < -0.39 is 0 Å². The molecule has 0 aromatic heterocycles. The molecule has 0 saturated heterocycles. The van der Waals surface area contributed by atoms with E-state index in [0.29, 0.717) is 17.2 Å². The number of hydrogen-bond acceptors (Lipinski definition) is 4. The zero-order valence-corrected chi connectivity index (χ0v) is 16.8. The number of methoxy groups -OCH3 is 2. The molecule has 0 aliphatic carbocycles. The minimum Gasteiger partial charge on any atom is -0.493 e. The van der Waals surface area contributed by atoms with Crippen LogP contribution in [0.2, 0.25) is 0 Å². The van der Waals surface area contributed by atoms with Gasteiger partial charge >= 0.3 is 0 Å². The van der Waals surface area contributed by atoms with Crippen LogP contribution in [0.25, 0.3) is 6.08 Å². The standard InChI is InChI=1S/C20H22BrNO4/c1-13(2)26-16-8-6-15(7-9-16)22-19(23)10-5-14-11-17(21)20(25-4)18(12-14)24-3/h5-13H,1-4H3,(H,22,23). The number of benzene rings is 2. The van der Waals surface area contributed by atoms with E-state index in [0.717, 1.165) is 15.8 Å². The first-order valence-corrected chi connectivity index (χ1v) is 8.89. The van der Waals surface area contributed by atoms with E-state index in [1.807, 2.05) is 32.0 Å². The summed E-state index contributed by atoms with van der Waals surface area (Å²) >= 11 is 3.43. The number of anilines is 1. The van der Waals surface area contributed by atoms with Gasteiger partial charge in [0.15, 0.2) is 11.5 Å². The van der Waals surface area contributed by atoms with E-state index >= 15 is 0 Å². The number of hydrogen-bond donors (Lipinski definition) is 1. The van der Waals surface area contributed by atoms with Crippen molar-refractivity contribution in [3.8, 4) is 17.2 Å². The first kappa shape index (κ1) is 19.8. The van der Waals surface area contributed by atoms with Crippen LogP contribution in [0, 0.1) is 0 Å². The van der Waals surface area contributed by atoms with Gasteiger partial charge in [0.2, 0.25) is 5.91 Å². The van der Waals surface area contributed by atoms with Gasteiger partial charge in [-0.05, 0) is 77.8 Å². The van der Waals surface area contributed by atoms with Gasteiger partial charge in [-0.2, -0.15) is 0 Å². The minimum absolute atomic E-state index is 0.110. The lowest BCUT2D eigenvalue weighted by Crippen LogP contribution is -2.08. The van der Waals surface area contributed by atoms with Crippen molar-refractivity contribution < 1.29 is 19.0 Å². The Bertz CT molecular complexity index is 785. The van der Waals surface area contributed by atoms with Crippen molar-refractivity contribution in [2.45, 2.75) is 20.0 Å². The molecule has 0 aliphatic heterocycles. The SMILES string of the molecule is COc1cc(C=CC(=O)Nc2ccc(OC(C)C)cc2)cc(Br)c1OC. The Kier molecular flexibility index (Phi) is 7.09. The lowest BCUT2D eigenvalue weighted by atomic mass is 10.2. The third kappa shape index (κ3) is 5.52. The van der Waals surface area contributed by atoms with Gasteiger partial charge in [0.1, 0.15) is 5.75 Å². The van der Waals surface area contributed by atoms with E-state index in [1.54, 1.807) is 38.5 Å². The molecule has 2 aromatic carbocycles. The number of carbonyl (C=O) groups excluding carboxylic acids is 1. The van der Waals surface area contributed by atoms with Crippen LogP contribution in [-0.2, 0) is 4.79 Å². The van der Waals surface area contributed by atoms with Crippen LogP contribution >= 0.6 is 15.9 Å². The summed E-state index contributed by atoms with van der Waals surface area (Å²) in [5.74, 6) is 1.73. The number of nitrogens with one attached hydrogen (secondary N) is 1. The summed E-state index contributed by atoms with van der Waals surface area (Å²) in [4.78, 5) is 12.1. The van der Waals surface area contributed by atoms with Crippen molar-refractivity contribution in [1.82, 2.24) is 0 Å². The van der Waals surface area contributed by atoms with Crippen molar-refractivity contribution in [3.05, 3.63) is 52.5 Å². The third-order valence-corrected chi connectivity index (χ3v) is 3.97. The second-order valence-electron chi connectivity index (χ2n) is 5.75. The highest BCUT2D eigenvalue weighted by atomic mass is 79.9. The van der Waals surface area contributed by atoms with Crippen LogP contribution in [0.1, 0.15) is 19.4 Å². The number of halogens is 1. The summed E-state index contributed by atoms with van der Waals surface area (Å²) < 4.78 is 16.9.